The van der Waals surface area contributed by atoms with Gasteiger partial charge in [0.15, 0.2) is 0 Å². The van der Waals surface area contributed by atoms with Crippen LogP contribution in [0.3, 0.4) is 0 Å². The number of esters is 1. The summed E-state index contributed by atoms with van der Waals surface area (Å²) < 4.78 is 5.15. The first-order valence-electron chi connectivity index (χ1n) is 4.95. The zero-order chi connectivity index (χ0) is 10.8. The third-order valence-electron chi connectivity index (χ3n) is 2.15. The van der Waals surface area contributed by atoms with Gasteiger partial charge in [0.1, 0.15) is 0 Å². The summed E-state index contributed by atoms with van der Waals surface area (Å²) in [6, 6.07) is 7.51. The summed E-state index contributed by atoms with van der Waals surface area (Å²) >= 11 is 0. The van der Waals surface area contributed by atoms with E-state index in [1.54, 1.807) is 6.07 Å². The summed E-state index contributed by atoms with van der Waals surface area (Å²) in [4.78, 5) is 14.8. The average molecular weight is 203 g/mol. The lowest BCUT2D eigenvalue weighted by atomic mass is 10.1. The predicted octanol–water partition coefficient (Wildman–Crippen LogP) is 2.73. The molecule has 0 unspecified atom stereocenters. The van der Waals surface area contributed by atoms with Crippen LogP contribution in [0.4, 0.5) is 0 Å². The van der Waals surface area contributed by atoms with Crippen molar-refractivity contribution in [2.24, 2.45) is 0 Å². The number of carbonyl (C=O) groups is 1. The van der Waals surface area contributed by atoms with Gasteiger partial charge in [-0.15, -0.1) is 0 Å². The molecule has 0 radical (unpaired) electrons. The van der Waals surface area contributed by atoms with Crippen LogP contribution in [0.25, 0.3) is 10.9 Å². The fraction of sp³-hybridized carbons (Fsp3) is 0.250. The van der Waals surface area contributed by atoms with E-state index in [2.05, 4.69) is 4.98 Å². The smallest absolute Gasteiger partial charge is 0.340 e. The molecule has 0 fully saturated rings. The molecule has 0 amide bonds. The minimum atomic E-state index is -0.280. The predicted molar refractivity (Wildman–Crippen MR) is 58.9 cm³/mol. The number of aromatic nitrogens is 1. The maximum absolute atomic E-state index is 11.7. The normalized spacial score (nSPS) is 10.9. The number of nitrogens with one attached hydrogen (secondary N) is 1. The van der Waals surface area contributed by atoms with Gasteiger partial charge in [0.05, 0.1) is 17.2 Å². The van der Waals surface area contributed by atoms with Crippen LogP contribution in [-0.4, -0.2) is 17.1 Å². The van der Waals surface area contributed by atoms with Gasteiger partial charge in [0, 0.05) is 11.6 Å². The topological polar surface area (TPSA) is 42.1 Å². The number of carbonyl (C=O) groups excluding carboxylic acids is 1. The van der Waals surface area contributed by atoms with E-state index >= 15 is 0 Å². The van der Waals surface area contributed by atoms with Gasteiger partial charge in [-0.2, -0.15) is 0 Å². The van der Waals surface area contributed by atoms with Gasteiger partial charge in [-0.25, -0.2) is 4.79 Å². The van der Waals surface area contributed by atoms with Crippen molar-refractivity contribution in [1.82, 2.24) is 4.98 Å². The van der Waals surface area contributed by atoms with Crippen LogP contribution < -0.4 is 0 Å². The molecule has 0 bridgehead atoms. The summed E-state index contributed by atoms with van der Waals surface area (Å²) in [5.74, 6) is -0.280. The van der Waals surface area contributed by atoms with Gasteiger partial charge in [-0.1, -0.05) is 12.1 Å². The minimum absolute atomic E-state index is 0.0947. The van der Waals surface area contributed by atoms with E-state index in [1.165, 1.54) is 0 Å². The molecule has 0 saturated carbocycles. The Morgan fingerprint density at radius 3 is 2.87 bits per heavy atom. The first-order valence-corrected chi connectivity index (χ1v) is 4.95. The molecular formula is C12H13NO2. The number of hydrogen-bond donors (Lipinski definition) is 1. The van der Waals surface area contributed by atoms with Crippen molar-refractivity contribution in [3.63, 3.8) is 0 Å². The Bertz CT molecular complexity index is 485. The Kier molecular flexibility index (Phi) is 2.46. The third kappa shape index (κ3) is 1.86. The second-order valence-corrected chi connectivity index (χ2v) is 3.70. The van der Waals surface area contributed by atoms with E-state index in [4.69, 9.17) is 4.74 Å². The molecule has 0 saturated heterocycles. The molecular weight excluding hydrogens is 190 g/mol. The molecule has 0 aliphatic carbocycles. The highest BCUT2D eigenvalue weighted by atomic mass is 16.5. The molecule has 1 heterocycles. The lowest BCUT2D eigenvalue weighted by Gasteiger charge is -2.08. The van der Waals surface area contributed by atoms with E-state index in [-0.39, 0.29) is 12.1 Å². The zero-order valence-electron chi connectivity index (χ0n) is 8.78. The molecule has 1 aromatic carbocycles. The van der Waals surface area contributed by atoms with Crippen molar-refractivity contribution >= 4 is 16.9 Å². The van der Waals surface area contributed by atoms with E-state index in [0.717, 1.165) is 10.9 Å². The summed E-state index contributed by atoms with van der Waals surface area (Å²) in [5, 5.41) is 1.02. The molecule has 2 rings (SSSR count). The van der Waals surface area contributed by atoms with E-state index in [0.29, 0.717) is 5.56 Å². The molecule has 1 N–H and O–H groups in total. The number of H-pyrrole nitrogens is 1. The highest BCUT2D eigenvalue weighted by Crippen LogP contribution is 2.18. The van der Waals surface area contributed by atoms with Crippen LogP contribution >= 0.6 is 0 Å². The van der Waals surface area contributed by atoms with E-state index < -0.39 is 0 Å². The van der Waals surface area contributed by atoms with Gasteiger partial charge in [0.25, 0.3) is 0 Å². The van der Waals surface area contributed by atoms with Crippen molar-refractivity contribution in [3.8, 4) is 0 Å². The van der Waals surface area contributed by atoms with Crippen LogP contribution in [-0.2, 0) is 4.74 Å². The van der Waals surface area contributed by atoms with Gasteiger partial charge < -0.3 is 9.72 Å². The quantitative estimate of drug-likeness (QED) is 0.762. The van der Waals surface area contributed by atoms with Crippen LogP contribution in [0.1, 0.15) is 24.2 Å². The Labute approximate surface area is 88.1 Å². The number of aromatic amines is 1. The molecule has 3 heteroatoms. The molecule has 0 spiro atoms. The highest BCUT2D eigenvalue weighted by Gasteiger charge is 2.12. The van der Waals surface area contributed by atoms with Crippen molar-refractivity contribution in [2.75, 3.05) is 0 Å². The van der Waals surface area contributed by atoms with Crippen molar-refractivity contribution in [2.45, 2.75) is 20.0 Å². The molecule has 15 heavy (non-hydrogen) atoms. The fourth-order valence-corrected chi connectivity index (χ4v) is 1.53. The molecule has 0 aliphatic heterocycles. The average Bonchev–Trinajstić information content (AvgIpc) is 2.63. The van der Waals surface area contributed by atoms with Gasteiger partial charge in [-0.3, -0.25) is 0 Å². The van der Waals surface area contributed by atoms with Crippen LogP contribution in [0.2, 0.25) is 0 Å². The van der Waals surface area contributed by atoms with Gasteiger partial charge in [-0.05, 0) is 26.0 Å². The first-order chi connectivity index (χ1) is 7.18. The Morgan fingerprint density at radius 2 is 2.13 bits per heavy atom. The van der Waals surface area contributed by atoms with E-state index in [9.17, 15) is 4.79 Å². The minimum Gasteiger partial charge on any atom is -0.459 e. The highest BCUT2D eigenvalue weighted by molar-refractivity contribution is 6.02. The molecule has 2 aromatic rings. The van der Waals surface area contributed by atoms with E-state index in [1.807, 2.05) is 38.2 Å². The van der Waals surface area contributed by atoms with Crippen LogP contribution in [0.15, 0.2) is 30.5 Å². The van der Waals surface area contributed by atoms with Crippen molar-refractivity contribution in [1.29, 1.82) is 0 Å². The SMILES string of the molecule is CC(C)OC(=O)c1cccc2cc[nH]c12. The largest absolute Gasteiger partial charge is 0.459 e. The number of rotatable bonds is 2. The lowest BCUT2D eigenvalue weighted by Crippen LogP contribution is -2.11. The molecule has 0 atom stereocenters. The maximum atomic E-state index is 11.7. The lowest BCUT2D eigenvalue weighted by molar-refractivity contribution is 0.0380. The summed E-state index contributed by atoms with van der Waals surface area (Å²) in [7, 11) is 0. The Hall–Kier alpha value is -1.77. The number of hydrogen-bond acceptors (Lipinski definition) is 2. The second kappa shape index (κ2) is 3.77. The third-order valence-corrected chi connectivity index (χ3v) is 2.15. The zero-order valence-corrected chi connectivity index (χ0v) is 8.78. The number of ether oxygens (including phenoxy) is 1. The summed E-state index contributed by atoms with van der Waals surface area (Å²) in [6.07, 6.45) is 1.72. The van der Waals surface area contributed by atoms with Crippen LogP contribution in [0, 0.1) is 0 Å². The van der Waals surface area contributed by atoms with Crippen molar-refractivity contribution < 1.29 is 9.53 Å². The monoisotopic (exact) mass is 203 g/mol. The molecule has 0 aliphatic rings. The summed E-state index contributed by atoms with van der Waals surface area (Å²) in [5.41, 5.74) is 1.43. The number of para-hydroxylation sites is 1. The second-order valence-electron chi connectivity index (χ2n) is 3.70. The standard InChI is InChI=1S/C12H13NO2/c1-8(2)15-12(14)10-5-3-4-9-6-7-13-11(9)10/h3-8,13H,1-2H3. The molecule has 1 aromatic heterocycles. The summed E-state index contributed by atoms with van der Waals surface area (Å²) in [6.45, 7) is 3.68. The van der Waals surface area contributed by atoms with Gasteiger partial charge >= 0.3 is 5.97 Å². The Morgan fingerprint density at radius 1 is 1.33 bits per heavy atom. The fourth-order valence-electron chi connectivity index (χ4n) is 1.53. The molecule has 3 nitrogen and oxygen atoms in total. The number of fused-ring (bicyclic) bond motifs is 1. The Balaban J connectivity index is 2.42. The first kappa shape index (κ1) is 9.77. The molecule has 78 valence electrons. The van der Waals surface area contributed by atoms with Crippen molar-refractivity contribution in [3.05, 3.63) is 36.0 Å². The maximum Gasteiger partial charge on any atom is 0.340 e. The van der Waals surface area contributed by atoms with Crippen LogP contribution in [0.5, 0.6) is 0 Å². The van der Waals surface area contributed by atoms with Gasteiger partial charge in [0.2, 0.25) is 0 Å². The number of benzene rings is 1.